The molecule has 0 saturated heterocycles. The van der Waals surface area contributed by atoms with E-state index in [2.05, 4.69) is 0 Å². The second-order valence-corrected chi connectivity index (χ2v) is 4.95. The van der Waals surface area contributed by atoms with E-state index in [0.717, 1.165) is 4.90 Å². The summed E-state index contributed by atoms with van der Waals surface area (Å²) in [7, 11) is 1.42. The number of anilines is 1. The summed E-state index contributed by atoms with van der Waals surface area (Å²) < 4.78 is 18.2. The van der Waals surface area contributed by atoms with Gasteiger partial charge in [0.1, 0.15) is 0 Å². The van der Waals surface area contributed by atoms with Crippen LogP contribution in [0.15, 0.2) is 17.0 Å². The molecule has 0 aromatic heterocycles. The molecular formula is C11H16FNO2S. The van der Waals surface area contributed by atoms with Crippen molar-refractivity contribution in [3.63, 3.8) is 0 Å². The van der Waals surface area contributed by atoms with Crippen molar-refractivity contribution in [1.29, 1.82) is 0 Å². The van der Waals surface area contributed by atoms with Crippen molar-refractivity contribution in [2.24, 2.45) is 0 Å². The fraction of sp³-hybridized carbons (Fsp3) is 0.455. The Kier molecular flexibility index (Phi) is 4.89. The summed E-state index contributed by atoms with van der Waals surface area (Å²) in [6.07, 6.45) is 0.670. The Morgan fingerprint density at radius 3 is 2.81 bits per heavy atom. The van der Waals surface area contributed by atoms with Crippen molar-refractivity contribution < 1.29 is 14.2 Å². The van der Waals surface area contributed by atoms with Gasteiger partial charge >= 0.3 is 0 Å². The highest BCUT2D eigenvalue weighted by atomic mass is 32.2. The van der Waals surface area contributed by atoms with Gasteiger partial charge < -0.3 is 15.6 Å². The predicted octanol–water partition coefficient (Wildman–Crippen LogP) is 2.28. The van der Waals surface area contributed by atoms with Crippen LogP contribution in [0.1, 0.15) is 13.3 Å². The van der Waals surface area contributed by atoms with Gasteiger partial charge in [0.25, 0.3) is 0 Å². The number of hydrogen-bond acceptors (Lipinski definition) is 4. The minimum atomic E-state index is -0.459. The molecule has 1 unspecified atom stereocenters. The number of aliphatic hydroxyl groups is 1. The molecule has 0 fully saturated rings. The Balaban J connectivity index is 2.87. The molecule has 0 aliphatic rings. The normalized spacial score (nSPS) is 12.5. The Morgan fingerprint density at radius 2 is 2.25 bits per heavy atom. The Bertz CT molecular complexity index is 360. The molecule has 90 valence electrons. The monoisotopic (exact) mass is 245 g/mol. The molecule has 16 heavy (non-hydrogen) atoms. The van der Waals surface area contributed by atoms with E-state index in [9.17, 15) is 4.39 Å². The number of nitrogen functional groups attached to an aromatic ring is 1. The molecule has 0 amide bonds. The van der Waals surface area contributed by atoms with Gasteiger partial charge in [-0.3, -0.25) is 0 Å². The number of hydrogen-bond donors (Lipinski definition) is 2. The van der Waals surface area contributed by atoms with Crippen LogP contribution < -0.4 is 10.5 Å². The quantitative estimate of drug-likeness (QED) is 0.617. The van der Waals surface area contributed by atoms with Crippen molar-refractivity contribution in [2.45, 2.75) is 23.5 Å². The molecule has 3 nitrogen and oxygen atoms in total. The molecule has 0 spiro atoms. The van der Waals surface area contributed by atoms with Gasteiger partial charge in [0.2, 0.25) is 0 Å². The number of methoxy groups -OCH3 is 1. The summed E-state index contributed by atoms with van der Waals surface area (Å²) in [5, 5.41) is 9.02. The Labute approximate surface area is 98.8 Å². The van der Waals surface area contributed by atoms with Gasteiger partial charge in [0.15, 0.2) is 11.6 Å². The van der Waals surface area contributed by atoms with Crippen LogP contribution in [0.4, 0.5) is 10.1 Å². The van der Waals surface area contributed by atoms with Crippen molar-refractivity contribution >= 4 is 17.4 Å². The number of aliphatic hydroxyl groups excluding tert-OH is 1. The van der Waals surface area contributed by atoms with E-state index in [4.69, 9.17) is 15.6 Å². The number of rotatable bonds is 5. The van der Waals surface area contributed by atoms with E-state index in [-0.39, 0.29) is 17.6 Å². The van der Waals surface area contributed by atoms with Gasteiger partial charge in [-0.1, -0.05) is 6.92 Å². The highest BCUT2D eigenvalue weighted by Crippen LogP contribution is 2.34. The van der Waals surface area contributed by atoms with Gasteiger partial charge in [-0.05, 0) is 12.5 Å². The standard InChI is InChI=1S/C11H16FNO2S/c1-7(3-4-14)16-11-6-10(15-2)8(12)5-9(11)13/h5-7,14H,3-4,13H2,1-2H3. The van der Waals surface area contributed by atoms with Crippen molar-refractivity contribution in [3.05, 3.63) is 17.9 Å². The topological polar surface area (TPSA) is 55.5 Å². The minimum absolute atomic E-state index is 0.131. The van der Waals surface area contributed by atoms with E-state index >= 15 is 0 Å². The van der Waals surface area contributed by atoms with Gasteiger partial charge in [-0.2, -0.15) is 0 Å². The first kappa shape index (κ1) is 13.1. The number of nitrogens with two attached hydrogens (primary N) is 1. The van der Waals surface area contributed by atoms with Crippen molar-refractivity contribution in [1.82, 2.24) is 0 Å². The fourth-order valence-electron chi connectivity index (χ4n) is 1.27. The van der Waals surface area contributed by atoms with Crippen LogP contribution in [-0.4, -0.2) is 24.1 Å². The maximum atomic E-state index is 13.3. The van der Waals surface area contributed by atoms with Crippen LogP contribution in [0, 0.1) is 5.82 Å². The van der Waals surface area contributed by atoms with Crippen LogP contribution in [-0.2, 0) is 0 Å². The summed E-state index contributed by atoms with van der Waals surface area (Å²) in [6.45, 7) is 2.11. The molecule has 0 heterocycles. The van der Waals surface area contributed by atoms with Crippen LogP contribution in [0.3, 0.4) is 0 Å². The summed E-state index contributed by atoms with van der Waals surface area (Å²) in [5.41, 5.74) is 6.11. The molecule has 5 heteroatoms. The molecule has 0 aliphatic carbocycles. The SMILES string of the molecule is COc1cc(SC(C)CCO)c(N)cc1F. The zero-order valence-electron chi connectivity index (χ0n) is 9.37. The van der Waals surface area contributed by atoms with E-state index in [1.54, 1.807) is 6.07 Å². The maximum absolute atomic E-state index is 13.3. The van der Waals surface area contributed by atoms with Crippen molar-refractivity contribution in [2.75, 3.05) is 19.5 Å². The van der Waals surface area contributed by atoms with Gasteiger partial charge in [-0.25, -0.2) is 4.39 Å². The van der Waals surface area contributed by atoms with Gasteiger partial charge in [-0.15, -0.1) is 11.8 Å². The van der Waals surface area contributed by atoms with Gasteiger partial charge in [0, 0.05) is 28.5 Å². The van der Waals surface area contributed by atoms with E-state index < -0.39 is 5.82 Å². The smallest absolute Gasteiger partial charge is 0.167 e. The molecule has 0 saturated carbocycles. The highest BCUT2D eigenvalue weighted by molar-refractivity contribution is 8.00. The molecule has 1 aromatic rings. The lowest BCUT2D eigenvalue weighted by molar-refractivity contribution is 0.289. The first-order chi connectivity index (χ1) is 7.58. The average Bonchev–Trinajstić information content (AvgIpc) is 2.22. The molecule has 1 rings (SSSR count). The number of benzene rings is 1. The summed E-state index contributed by atoms with van der Waals surface area (Å²) >= 11 is 1.50. The third-order valence-electron chi connectivity index (χ3n) is 2.15. The summed E-state index contributed by atoms with van der Waals surface area (Å²) in [4.78, 5) is 0.777. The molecular weight excluding hydrogens is 229 g/mol. The Morgan fingerprint density at radius 1 is 1.56 bits per heavy atom. The molecule has 1 aromatic carbocycles. The number of ether oxygens (including phenoxy) is 1. The number of thioether (sulfide) groups is 1. The first-order valence-corrected chi connectivity index (χ1v) is 5.87. The zero-order chi connectivity index (χ0) is 12.1. The summed E-state index contributed by atoms with van der Waals surface area (Å²) in [5.74, 6) is -0.271. The lowest BCUT2D eigenvalue weighted by atomic mass is 10.3. The molecule has 3 N–H and O–H groups in total. The third kappa shape index (κ3) is 3.28. The first-order valence-electron chi connectivity index (χ1n) is 4.99. The molecule has 0 aliphatic heterocycles. The summed E-state index contributed by atoms with van der Waals surface area (Å²) in [6, 6.07) is 2.84. The average molecular weight is 245 g/mol. The zero-order valence-corrected chi connectivity index (χ0v) is 10.2. The van der Waals surface area contributed by atoms with Crippen LogP contribution >= 0.6 is 11.8 Å². The molecule has 1 atom stereocenters. The molecule has 0 radical (unpaired) electrons. The molecule has 0 bridgehead atoms. The number of halogens is 1. The minimum Gasteiger partial charge on any atom is -0.494 e. The Hall–Kier alpha value is -0.940. The van der Waals surface area contributed by atoms with E-state index in [0.29, 0.717) is 12.1 Å². The van der Waals surface area contributed by atoms with E-state index in [1.807, 2.05) is 6.92 Å². The van der Waals surface area contributed by atoms with Crippen LogP contribution in [0.5, 0.6) is 5.75 Å². The second kappa shape index (κ2) is 5.96. The second-order valence-electron chi connectivity index (χ2n) is 3.47. The predicted molar refractivity (Wildman–Crippen MR) is 64.4 cm³/mol. The fourth-order valence-corrected chi connectivity index (χ4v) is 2.29. The van der Waals surface area contributed by atoms with Crippen LogP contribution in [0.25, 0.3) is 0 Å². The maximum Gasteiger partial charge on any atom is 0.167 e. The largest absolute Gasteiger partial charge is 0.494 e. The lowest BCUT2D eigenvalue weighted by Crippen LogP contribution is -2.01. The van der Waals surface area contributed by atoms with Crippen molar-refractivity contribution in [3.8, 4) is 5.75 Å². The highest BCUT2D eigenvalue weighted by Gasteiger charge is 2.11. The van der Waals surface area contributed by atoms with Gasteiger partial charge in [0.05, 0.1) is 7.11 Å². The lowest BCUT2D eigenvalue weighted by Gasteiger charge is -2.13. The third-order valence-corrected chi connectivity index (χ3v) is 3.39. The van der Waals surface area contributed by atoms with Crippen LogP contribution in [0.2, 0.25) is 0 Å². The van der Waals surface area contributed by atoms with E-state index in [1.165, 1.54) is 24.9 Å².